The van der Waals surface area contributed by atoms with E-state index in [9.17, 15) is 8.78 Å². The van der Waals surface area contributed by atoms with E-state index in [0.717, 1.165) is 16.5 Å². The fourth-order valence-electron chi connectivity index (χ4n) is 1.93. The van der Waals surface area contributed by atoms with Crippen molar-refractivity contribution in [1.82, 2.24) is 0 Å². The van der Waals surface area contributed by atoms with Gasteiger partial charge in [-0.15, -0.1) is 11.3 Å². The summed E-state index contributed by atoms with van der Waals surface area (Å²) in [5.74, 6) is -1.01. The van der Waals surface area contributed by atoms with Crippen LogP contribution in [0.15, 0.2) is 18.2 Å². The van der Waals surface area contributed by atoms with Gasteiger partial charge in [-0.2, -0.15) is 0 Å². The van der Waals surface area contributed by atoms with Crippen LogP contribution in [0.2, 0.25) is 0 Å². The van der Waals surface area contributed by atoms with Crippen molar-refractivity contribution >= 4 is 27.3 Å². The molecule has 0 aliphatic rings. The topological polar surface area (TPSA) is 0 Å². The van der Waals surface area contributed by atoms with Crippen LogP contribution in [0.4, 0.5) is 8.78 Å². The zero-order valence-corrected chi connectivity index (χ0v) is 12.8. The summed E-state index contributed by atoms with van der Waals surface area (Å²) < 4.78 is 27.1. The third-order valence-electron chi connectivity index (χ3n) is 2.86. The number of hydrogen-bond acceptors (Lipinski definition) is 1. The van der Waals surface area contributed by atoms with Gasteiger partial charge in [0.1, 0.15) is 11.6 Å². The number of hydrogen-bond donors (Lipinski definition) is 0. The van der Waals surface area contributed by atoms with Crippen LogP contribution < -0.4 is 0 Å². The molecular formula is C14H13BrF2S. The van der Waals surface area contributed by atoms with Crippen molar-refractivity contribution in [3.05, 3.63) is 56.3 Å². The molecule has 4 heteroatoms. The number of alkyl halides is 1. The summed E-state index contributed by atoms with van der Waals surface area (Å²) in [6.45, 7) is 5.67. The van der Waals surface area contributed by atoms with E-state index in [0.29, 0.717) is 11.1 Å². The van der Waals surface area contributed by atoms with Gasteiger partial charge in [-0.3, -0.25) is 0 Å². The molecule has 0 N–H and O–H groups in total. The number of benzene rings is 1. The van der Waals surface area contributed by atoms with Crippen molar-refractivity contribution in [1.29, 1.82) is 0 Å². The van der Waals surface area contributed by atoms with Gasteiger partial charge in [-0.25, -0.2) is 8.78 Å². The summed E-state index contributed by atoms with van der Waals surface area (Å²) in [6, 6.07) is 4.59. The van der Waals surface area contributed by atoms with Crippen LogP contribution in [0.3, 0.4) is 0 Å². The van der Waals surface area contributed by atoms with Crippen molar-refractivity contribution in [2.75, 3.05) is 0 Å². The highest BCUT2D eigenvalue weighted by molar-refractivity contribution is 9.09. The predicted octanol–water partition coefficient (Wildman–Crippen LogP) is 5.44. The third kappa shape index (κ3) is 2.50. The van der Waals surface area contributed by atoms with Gasteiger partial charge in [-0.1, -0.05) is 15.9 Å². The molecule has 0 fully saturated rings. The maximum Gasteiger partial charge on any atom is 0.130 e. The molecule has 96 valence electrons. The summed E-state index contributed by atoms with van der Waals surface area (Å²) in [6.07, 6.45) is 0. The minimum Gasteiger partial charge on any atom is -0.207 e. The van der Waals surface area contributed by atoms with Gasteiger partial charge in [0, 0.05) is 21.4 Å². The largest absolute Gasteiger partial charge is 0.207 e. The lowest BCUT2D eigenvalue weighted by Crippen LogP contribution is -1.98. The highest BCUT2D eigenvalue weighted by Gasteiger charge is 2.20. The van der Waals surface area contributed by atoms with E-state index in [2.05, 4.69) is 22.0 Å². The maximum atomic E-state index is 13.8. The Kier molecular flexibility index (Phi) is 3.87. The van der Waals surface area contributed by atoms with Crippen LogP contribution in [0.5, 0.6) is 0 Å². The van der Waals surface area contributed by atoms with Crippen LogP contribution in [-0.2, 0) is 0 Å². The first-order valence-corrected chi connectivity index (χ1v) is 7.30. The zero-order chi connectivity index (χ0) is 13.4. The van der Waals surface area contributed by atoms with E-state index in [-0.39, 0.29) is 4.83 Å². The van der Waals surface area contributed by atoms with Gasteiger partial charge in [0.05, 0.1) is 4.83 Å². The maximum absolute atomic E-state index is 13.8. The van der Waals surface area contributed by atoms with Crippen LogP contribution in [-0.4, -0.2) is 0 Å². The number of thiophene rings is 1. The Hall–Kier alpha value is -0.740. The van der Waals surface area contributed by atoms with E-state index >= 15 is 0 Å². The van der Waals surface area contributed by atoms with Crippen LogP contribution in [0.25, 0.3) is 0 Å². The van der Waals surface area contributed by atoms with Crippen molar-refractivity contribution in [2.45, 2.75) is 25.6 Å². The molecule has 0 saturated heterocycles. The monoisotopic (exact) mass is 330 g/mol. The summed E-state index contributed by atoms with van der Waals surface area (Å²) in [4.78, 5) is 2.03. The lowest BCUT2D eigenvalue weighted by molar-refractivity contribution is 0.569. The first-order chi connectivity index (χ1) is 8.40. The van der Waals surface area contributed by atoms with Gasteiger partial charge >= 0.3 is 0 Å². The molecule has 1 unspecified atom stereocenters. The standard InChI is InChI=1S/C14H13BrF2S/c1-7-5-10(12(17)6-11(7)16)13(15)14-8(2)4-9(3)18-14/h4-6,13H,1-3H3. The van der Waals surface area contributed by atoms with Crippen LogP contribution in [0, 0.1) is 32.4 Å². The molecule has 1 aromatic carbocycles. The van der Waals surface area contributed by atoms with E-state index in [1.807, 2.05) is 13.8 Å². The molecule has 0 saturated carbocycles. The molecule has 1 atom stereocenters. The van der Waals surface area contributed by atoms with E-state index < -0.39 is 11.6 Å². The molecule has 2 aromatic rings. The second kappa shape index (κ2) is 5.10. The summed E-state index contributed by atoms with van der Waals surface area (Å²) in [7, 11) is 0. The van der Waals surface area contributed by atoms with Gasteiger partial charge in [0.2, 0.25) is 0 Å². The molecule has 0 nitrogen and oxygen atoms in total. The van der Waals surface area contributed by atoms with Gasteiger partial charge in [-0.05, 0) is 44.0 Å². The molecule has 0 spiro atoms. The smallest absolute Gasteiger partial charge is 0.130 e. The molecule has 0 aliphatic heterocycles. The summed E-state index contributed by atoms with van der Waals surface area (Å²) in [5.41, 5.74) is 2.07. The molecule has 2 rings (SSSR count). The number of rotatable bonds is 2. The van der Waals surface area contributed by atoms with E-state index in [1.165, 1.54) is 4.88 Å². The Morgan fingerprint density at radius 1 is 1.00 bits per heavy atom. The average Bonchev–Trinajstić information content (AvgIpc) is 2.62. The zero-order valence-electron chi connectivity index (χ0n) is 10.4. The highest BCUT2D eigenvalue weighted by atomic mass is 79.9. The predicted molar refractivity (Wildman–Crippen MR) is 75.7 cm³/mol. The summed E-state index contributed by atoms with van der Waals surface area (Å²) >= 11 is 5.14. The van der Waals surface area contributed by atoms with Gasteiger partial charge in [0.25, 0.3) is 0 Å². The molecule has 0 bridgehead atoms. The second-order valence-corrected chi connectivity index (χ2v) is 6.59. The van der Waals surface area contributed by atoms with E-state index in [1.54, 1.807) is 24.3 Å². The number of halogens is 3. The second-order valence-electron chi connectivity index (χ2n) is 4.39. The Balaban J connectivity index is 2.49. The third-order valence-corrected chi connectivity index (χ3v) is 5.33. The lowest BCUT2D eigenvalue weighted by atomic mass is 10.0. The highest BCUT2D eigenvalue weighted by Crippen LogP contribution is 2.39. The Bertz CT molecular complexity index is 590. The normalized spacial score (nSPS) is 12.8. The van der Waals surface area contributed by atoms with Crippen molar-refractivity contribution in [3.8, 4) is 0 Å². The van der Waals surface area contributed by atoms with Crippen molar-refractivity contribution < 1.29 is 8.78 Å². The minimum absolute atomic E-state index is 0.226. The van der Waals surface area contributed by atoms with Crippen LogP contribution in [0.1, 0.15) is 31.3 Å². The average molecular weight is 331 g/mol. The van der Waals surface area contributed by atoms with Crippen molar-refractivity contribution in [2.24, 2.45) is 0 Å². The quantitative estimate of drug-likeness (QED) is 0.643. The Morgan fingerprint density at radius 2 is 1.67 bits per heavy atom. The molecule has 0 aliphatic carbocycles. The molecule has 0 amide bonds. The first kappa shape index (κ1) is 13.7. The number of aryl methyl sites for hydroxylation is 3. The van der Waals surface area contributed by atoms with Crippen molar-refractivity contribution in [3.63, 3.8) is 0 Å². The Morgan fingerprint density at radius 3 is 2.22 bits per heavy atom. The van der Waals surface area contributed by atoms with E-state index in [4.69, 9.17) is 0 Å². The SMILES string of the molecule is Cc1cc(C)c(C(Br)c2cc(C)c(F)cc2F)s1. The molecule has 1 heterocycles. The Labute approximate surface area is 118 Å². The summed E-state index contributed by atoms with van der Waals surface area (Å²) in [5, 5.41) is 0. The lowest BCUT2D eigenvalue weighted by Gasteiger charge is -2.12. The first-order valence-electron chi connectivity index (χ1n) is 5.56. The molecular weight excluding hydrogens is 318 g/mol. The molecule has 0 radical (unpaired) electrons. The molecule has 1 aromatic heterocycles. The fourth-order valence-corrected chi connectivity index (χ4v) is 3.95. The van der Waals surface area contributed by atoms with Gasteiger partial charge < -0.3 is 0 Å². The fraction of sp³-hybridized carbons (Fsp3) is 0.286. The van der Waals surface area contributed by atoms with Gasteiger partial charge in [0.15, 0.2) is 0 Å². The van der Waals surface area contributed by atoms with Crippen LogP contribution >= 0.6 is 27.3 Å². The molecule has 18 heavy (non-hydrogen) atoms. The minimum atomic E-state index is -0.509.